The summed E-state index contributed by atoms with van der Waals surface area (Å²) in [6, 6.07) is 10.2. The van der Waals surface area contributed by atoms with Crippen molar-refractivity contribution in [3.8, 4) is 28.3 Å². The van der Waals surface area contributed by atoms with E-state index in [2.05, 4.69) is 4.98 Å². The maximum absolute atomic E-state index is 12.1. The van der Waals surface area contributed by atoms with Crippen LogP contribution in [-0.4, -0.2) is 18.1 Å². The lowest BCUT2D eigenvalue weighted by atomic mass is 10.2. The fraction of sp³-hybridized carbons (Fsp3) is 0.118. The van der Waals surface area contributed by atoms with E-state index in [0.717, 1.165) is 0 Å². The van der Waals surface area contributed by atoms with Crippen LogP contribution in [0.25, 0.3) is 10.8 Å². The molecule has 0 saturated heterocycles. The number of carbonyl (C=O) groups is 1. The third kappa shape index (κ3) is 3.45. The molecule has 0 N–H and O–H groups in total. The standard InChI is InChI=1S/C17H12N2O4S/c1-21-15-7-11(9-18)4-5-13(15)23-16(20)8-12-10-24-17(19-12)14-3-2-6-22-14/h2-7,10H,8H2,1H3. The molecule has 0 saturated carbocycles. The van der Waals surface area contributed by atoms with Crippen molar-refractivity contribution in [3.05, 3.63) is 53.2 Å². The molecule has 0 fully saturated rings. The molecule has 1 aromatic carbocycles. The fourth-order valence-electron chi connectivity index (χ4n) is 2.03. The van der Waals surface area contributed by atoms with E-state index in [-0.39, 0.29) is 12.2 Å². The van der Waals surface area contributed by atoms with E-state index < -0.39 is 5.97 Å². The summed E-state index contributed by atoms with van der Waals surface area (Å²) in [5.74, 6) is 0.794. The van der Waals surface area contributed by atoms with Gasteiger partial charge in [-0.05, 0) is 24.3 Å². The van der Waals surface area contributed by atoms with E-state index in [4.69, 9.17) is 19.2 Å². The number of aromatic nitrogens is 1. The van der Waals surface area contributed by atoms with Crippen molar-refractivity contribution in [1.82, 2.24) is 4.98 Å². The van der Waals surface area contributed by atoms with Gasteiger partial charge in [-0.15, -0.1) is 11.3 Å². The highest BCUT2D eigenvalue weighted by atomic mass is 32.1. The molecule has 0 aliphatic heterocycles. The van der Waals surface area contributed by atoms with Gasteiger partial charge in [0.2, 0.25) is 0 Å². The van der Waals surface area contributed by atoms with Crippen molar-refractivity contribution in [1.29, 1.82) is 5.26 Å². The fourth-order valence-corrected chi connectivity index (χ4v) is 2.82. The van der Waals surface area contributed by atoms with Crippen molar-refractivity contribution < 1.29 is 18.7 Å². The molecule has 0 atom stereocenters. The van der Waals surface area contributed by atoms with Crippen molar-refractivity contribution in [3.63, 3.8) is 0 Å². The largest absolute Gasteiger partial charge is 0.493 e. The molecule has 7 heteroatoms. The van der Waals surface area contributed by atoms with E-state index in [1.165, 1.54) is 30.6 Å². The number of nitriles is 1. The van der Waals surface area contributed by atoms with E-state index >= 15 is 0 Å². The third-order valence-corrected chi connectivity index (χ3v) is 4.03. The van der Waals surface area contributed by atoms with Crippen molar-refractivity contribution in [2.75, 3.05) is 7.11 Å². The van der Waals surface area contributed by atoms with Gasteiger partial charge in [-0.25, -0.2) is 4.98 Å². The van der Waals surface area contributed by atoms with Crippen LogP contribution in [-0.2, 0) is 11.2 Å². The first kappa shape index (κ1) is 15.8. The van der Waals surface area contributed by atoms with Gasteiger partial charge in [0, 0.05) is 11.4 Å². The number of rotatable bonds is 5. The number of furan rings is 1. The van der Waals surface area contributed by atoms with Gasteiger partial charge in [-0.3, -0.25) is 4.79 Å². The molecular weight excluding hydrogens is 328 g/mol. The number of ether oxygens (including phenoxy) is 2. The molecule has 3 rings (SSSR count). The first-order valence-corrected chi connectivity index (χ1v) is 7.84. The van der Waals surface area contributed by atoms with E-state index in [9.17, 15) is 4.79 Å². The Balaban J connectivity index is 1.69. The van der Waals surface area contributed by atoms with E-state index in [1.807, 2.05) is 12.1 Å². The van der Waals surface area contributed by atoms with E-state index in [1.54, 1.807) is 23.8 Å². The Bertz CT molecular complexity index is 894. The Morgan fingerprint density at radius 1 is 1.38 bits per heavy atom. The highest BCUT2D eigenvalue weighted by Gasteiger charge is 2.14. The van der Waals surface area contributed by atoms with Gasteiger partial charge < -0.3 is 13.9 Å². The van der Waals surface area contributed by atoms with Crippen molar-refractivity contribution in [2.45, 2.75) is 6.42 Å². The average Bonchev–Trinajstić information content (AvgIpc) is 3.26. The molecule has 0 aliphatic carbocycles. The van der Waals surface area contributed by atoms with Gasteiger partial charge in [0.1, 0.15) is 0 Å². The molecule has 3 aromatic rings. The molecule has 6 nitrogen and oxygen atoms in total. The molecule has 0 spiro atoms. The second-order valence-electron chi connectivity index (χ2n) is 4.75. The molecule has 0 radical (unpaired) electrons. The molecule has 24 heavy (non-hydrogen) atoms. The summed E-state index contributed by atoms with van der Waals surface area (Å²) in [5.41, 5.74) is 1.03. The van der Waals surface area contributed by atoms with Gasteiger partial charge in [-0.2, -0.15) is 5.26 Å². The molecule has 0 unspecified atom stereocenters. The molecule has 0 aliphatic rings. The van der Waals surface area contributed by atoms with Gasteiger partial charge in [0.15, 0.2) is 22.3 Å². The Labute approximate surface area is 141 Å². The van der Waals surface area contributed by atoms with Crippen LogP contribution in [0.5, 0.6) is 11.5 Å². The van der Waals surface area contributed by atoms with Crippen LogP contribution in [0.1, 0.15) is 11.3 Å². The zero-order valence-electron chi connectivity index (χ0n) is 12.7. The highest BCUT2D eigenvalue weighted by molar-refractivity contribution is 7.13. The van der Waals surface area contributed by atoms with Crippen LogP contribution >= 0.6 is 11.3 Å². The second kappa shape index (κ2) is 6.98. The number of methoxy groups -OCH3 is 1. The molecule has 120 valence electrons. The third-order valence-electron chi connectivity index (χ3n) is 3.13. The lowest BCUT2D eigenvalue weighted by Gasteiger charge is -2.08. The van der Waals surface area contributed by atoms with Gasteiger partial charge in [-0.1, -0.05) is 0 Å². The number of carbonyl (C=O) groups excluding carboxylic acids is 1. The minimum absolute atomic E-state index is 0.0281. The predicted octanol–water partition coefficient (Wildman–Crippen LogP) is 3.43. The van der Waals surface area contributed by atoms with E-state index in [0.29, 0.717) is 27.8 Å². The maximum atomic E-state index is 12.1. The van der Waals surface area contributed by atoms with Crippen LogP contribution in [0.3, 0.4) is 0 Å². The zero-order chi connectivity index (χ0) is 16.9. The smallest absolute Gasteiger partial charge is 0.317 e. The van der Waals surface area contributed by atoms with Crippen LogP contribution in [0.15, 0.2) is 46.4 Å². The maximum Gasteiger partial charge on any atom is 0.317 e. The predicted molar refractivity (Wildman–Crippen MR) is 86.9 cm³/mol. The minimum Gasteiger partial charge on any atom is -0.493 e. The summed E-state index contributed by atoms with van der Waals surface area (Å²) in [6.45, 7) is 0. The summed E-state index contributed by atoms with van der Waals surface area (Å²) in [4.78, 5) is 16.5. The number of hydrogen-bond acceptors (Lipinski definition) is 7. The molecular formula is C17H12N2O4S. The molecule has 0 amide bonds. The van der Waals surface area contributed by atoms with Gasteiger partial charge in [0.25, 0.3) is 0 Å². The number of benzene rings is 1. The normalized spacial score (nSPS) is 10.2. The lowest BCUT2D eigenvalue weighted by molar-refractivity contribution is -0.133. The Kier molecular flexibility index (Phi) is 4.59. The number of thiazole rings is 1. The van der Waals surface area contributed by atoms with Crippen molar-refractivity contribution >= 4 is 17.3 Å². The Hall–Kier alpha value is -3.11. The number of nitrogens with zero attached hydrogens (tertiary/aromatic N) is 2. The molecule has 0 bridgehead atoms. The summed E-state index contributed by atoms with van der Waals surface area (Å²) >= 11 is 1.39. The molecule has 2 heterocycles. The van der Waals surface area contributed by atoms with Gasteiger partial charge >= 0.3 is 5.97 Å². The zero-order valence-corrected chi connectivity index (χ0v) is 13.5. The first-order chi connectivity index (χ1) is 11.7. The summed E-state index contributed by atoms with van der Waals surface area (Å²) in [5, 5.41) is 11.4. The van der Waals surface area contributed by atoms with Crippen LogP contribution in [0.2, 0.25) is 0 Å². The Morgan fingerprint density at radius 3 is 2.96 bits per heavy atom. The lowest BCUT2D eigenvalue weighted by Crippen LogP contribution is -2.12. The first-order valence-electron chi connectivity index (χ1n) is 6.96. The molecule has 2 aromatic heterocycles. The SMILES string of the molecule is COc1cc(C#N)ccc1OC(=O)Cc1csc(-c2ccco2)n1. The topological polar surface area (TPSA) is 85.4 Å². The highest BCUT2D eigenvalue weighted by Crippen LogP contribution is 2.29. The minimum atomic E-state index is -0.464. The summed E-state index contributed by atoms with van der Waals surface area (Å²) < 4.78 is 15.7. The summed E-state index contributed by atoms with van der Waals surface area (Å²) in [7, 11) is 1.45. The van der Waals surface area contributed by atoms with Gasteiger partial charge in [0.05, 0.1) is 37.1 Å². The summed E-state index contributed by atoms with van der Waals surface area (Å²) in [6.07, 6.45) is 1.60. The number of esters is 1. The van der Waals surface area contributed by atoms with Crippen molar-refractivity contribution in [2.24, 2.45) is 0 Å². The van der Waals surface area contributed by atoms with Crippen LogP contribution in [0, 0.1) is 11.3 Å². The second-order valence-corrected chi connectivity index (χ2v) is 5.61. The van der Waals surface area contributed by atoms with Crippen LogP contribution in [0.4, 0.5) is 0 Å². The monoisotopic (exact) mass is 340 g/mol. The quantitative estimate of drug-likeness (QED) is 0.522. The van der Waals surface area contributed by atoms with Crippen LogP contribution < -0.4 is 9.47 Å². The Morgan fingerprint density at radius 2 is 2.25 bits per heavy atom. The number of hydrogen-bond donors (Lipinski definition) is 0. The average molecular weight is 340 g/mol.